The van der Waals surface area contributed by atoms with Gasteiger partial charge in [-0.05, 0) is 31.3 Å². The van der Waals surface area contributed by atoms with E-state index in [1.54, 1.807) is 61.5 Å². The van der Waals surface area contributed by atoms with Crippen molar-refractivity contribution < 1.29 is 23.8 Å². The van der Waals surface area contributed by atoms with E-state index in [4.69, 9.17) is 14.2 Å². The van der Waals surface area contributed by atoms with E-state index in [0.29, 0.717) is 41.8 Å². The van der Waals surface area contributed by atoms with Crippen molar-refractivity contribution in [3.05, 3.63) is 42.5 Å². The molecule has 0 unspecified atom stereocenters. The van der Waals surface area contributed by atoms with Crippen LogP contribution < -0.4 is 24.8 Å². The number of benzene rings is 2. The standard InChI is InChI=1S/C20H23N3O5/c1-23(12-19(24)21-14-4-3-5-16(10-14)26-2)13-20(25)22-15-6-7-17-18(11-15)28-9-8-27-17/h3-7,10-11H,8-9,12-13H2,1-2H3,(H,21,24)(H,22,25). The van der Waals surface area contributed by atoms with E-state index < -0.39 is 0 Å². The SMILES string of the molecule is COc1cccc(NC(=O)CN(C)CC(=O)Nc2ccc3c(c2)OCCO3)c1. The monoisotopic (exact) mass is 385 g/mol. The predicted octanol–water partition coefficient (Wildman–Crippen LogP) is 1.98. The van der Waals surface area contributed by atoms with Crippen LogP contribution in [-0.4, -0.2) is 57.2 Å². The van der Waals surface area contributed by atoms with Crippen molar-refractivity contribution in [2.75, 3.05) is 51.1 Å². The molecular formula is C20H23N3O5. The van der Waals surface area contributed by atoms with Crippen LogP contribution in [0.15, 0.2) is 42.5 Å². The minimum atomic E-state index is -0.228. The average Bonchev–Trinajstić information content (AvgIpc) is 2.67. The normalized spacial score (nSPS) is 12.4. The Morgan fingerprint density at radius 3 is 2.29 bits per heavy atom. The third-order valence-corrected chi connectivity index (χ3v) is 4.01. The zero-order valence-corrected chi connectivity index (χ0v) is 15.9. The molecule has 3 rings (SSSR count). The average molecular weight is 385 g/mol. The van der Waals surface area contributed by atoms with Crippen LogP contribution in [-0.2, 0) is 9.59 Å². The van der Waals surface area contributed by atoms with Crippen molar-refractivity contribution in [2.24, 2.45) is 0 Å². The summed E-state index contributed by atoms with van der Waals surface area (Å²) in [5.41, 5.74) is 1.25. The highest BCUT2D eigenvalue weighted by Gasteiger charge is 2.14. The lowest BCUT2D eigenvalue weighted by Gasteiger charge is -2.19. The molecule has 0 bridgehead atoms. The van der Waals surface area contributed by atoms with Crippen molar-refractivity contribution >= 4 is 23.2 Å². The van der Waals surface area contributed by atoms with Crippen LogP contribution in [0.25, 0.3) is 0 Å². The zero-order chi connectivity index (χ0) is 19.9. The van der Waals surface area contributed by atoms with Crippen LogP contribution in [0.4, 0.5) is 11.4 Å². The highest BCUT2D eigenvalue weighted by Crippen LogP contribution is 2.32. The molecule has 2 N–H and O–H groups in total. The summed E-state index contributed by atoms with van der Waals surface area (Å²) in [6.45, 7) is 1.14. The second kappa shape index (κ2) is 9.09. The van der Waals surface area contributed by atoms with Crippen molar-refractivity contribution in [1.29, 1.82) is 0 Å². The molecule has 0 fully saturated rings. The molecule has 1 heterocycles. The Bertz CT molecular complexity index is 855. The van der Waals surface area contributed by atoms with Gasteiger partial charge in [-0.15, -0.1) is 0 Å². The van der Waals surface area contributed by atoms with Gasteiger partial charge in [0, 0.05) is 23.5 Å². The van der Waals surface area contributed by atoms with Crippen LogP contribution in [0.1, 0.15) is 0 Å². The van der Waals surface area contributed by atoms with Crippen LogP contribution >= 0.6 is 0 Å². The van der Waals surface area contributed by atoms with Crippen LogP contribution in [0.2, 0.25) is 0 Å². The molecule has 0 spiro atoms. The van der Waals surface area contributed by atoms with Crippen molar-refractivity contribution in [3.63, 3.8) is 0 Å². The van der Waals surface area contributed by atoms with Gasteiger partial charge in [0.2, 0.25) is 11.8 Å². The largest absolute Gasteiger partial charge is 0.497 e. The molecule has 1 aliphatic heterocycles. The molecule has 0 saturated heterocycles. The van der Waals surface area contributed by atoms with Gasteiger partial charge >= 0.3 is 0 Å². The molecule has 8 heteroatoms. The van der Waals surface area contributed by atoms with Gasteiger partial charge in [0.1, 0.15) is 19.0 Å². The van der Waals surface area contributed by atoms with E-state index in [-0.39, 0.29) is 24.9 Å². The molecule has 2 amide bonds. The van der Waals surface area contributed by atoms with Gasteiger partial charge < -0.3 is 24.8 Å². The van der Waals surface area contributed by atoms with Gasteiger partial charge in [-0.2, -0.15) is 0 Å². The molecule has 8 nitrogen and oxygen atoms in total. The number of amides is 2. The topological polar surface area (TPSA) is 89.1 Å². The Hall–Kier alpha value is -3.26. The Balaban J connectivity index is 1.47. The number of carbonyl (C=O) groups is 2. The summed E-state index contributed by atoms with van der Waals surface area (Å²) in [4.78, 5) is 26.0. The summed E-state index contributed by atoms with van der Waals surface area (Å²) in [6, 6.07) is 12.3. The summed E-state index contributed by atoms with van der Waals surface area (Å²) in [6.07, 6.45) is 0. The van der Waals surface area contributed by atoms with Crippen molar-refractivity contribution in [1.82, 2.24) is 4.90 Å². The van der Waals surface area contributed by atoms with Gasteiger partial charge in [0.25, 0.3) is 0 Å². The quantitative estimate of drug-likeness (QED) is 0.758. The Labute approximate surface area is 163 Å². The summed E-state index contributed by atoms with van der Waals surface area (Å²) in [5.74, 6) is 1.48. The van der Waals surface area contributed by atoms with E-state index in [1.165, 1.54) is 0 Å². The zero-order valence-electron chi connectivity index (χ0n) is 15.9. The molecule has 148 valence electrons. The fraction of sp³-hybridized carbons (Fsp3) is 0.300. The molecule has 1 aliphatic rings. The smallest absolute Gasteiger partial charge is 0.238 e. The first-order valence-corrected chi connectivity index (χ1v) is 8.85. The third kappa shape index (κ3) is 5.37. The maximum atomic E-state index is 12.2. The number of methoxy groups -OCH3 is 1. The minimum Gasteiger partial charge on any atom is -0.497 e. The van der Waals surface area contributed by atoms with E-state index in [9.17, 15) is 9.59 Å². The van der Waals surface area contributed by atoms with Crippen LogP contribution in [0, 0.1) is 0 Å². The van der Waals surface area contributed by atoms with Crippen molar-refractivity contribution in [3.8, 4) is 17.2 Å². The number of hydrogen-bond acceptors (Lipinski definition) is 6. The Kier molecular flexibility index (Phi) is 6.33. The number of likely N-dealkylation sites (N-methyl/N-ethyl adjacent to an activating group) is 1. The Morgan fingerprint density at radius 2 is 1.61 bits per heavy atom. The lowest BCUT2D eigenvalue weighted by atomic mass is 10.2. The lowest BCUT2D eigenvalue weighted by Crippen LogP contribution is -2.36. The fourth-order valence-electron chi connectivity index (χ4n) is 2.77. The van der Waals surface area contributed by atoms with Crippen molar-refractivity contribution in [2.45, 2.75) is 0 Å². The third-order valence-electron chi connectivity index (χ3n) is 4.01. The second-order valence-electron chi connectivity index (χ2n) is 6.36. The summed E-state index contributed by atoms with van der Waals surface area (Å²) in [5, 5.41) is 5.58. The summed E-state index contributed by atoms with van der Waals surface area (Å²) in [7, 11) is 3.27. The number of hydrogen-bond donors (Lipinski definition) is 2. The highest BCUT2D eigenvalue weighted by atomic mass is 16.6. The maximum Gasteiger partial charge on any atom is 0.238 e. The van der Waals surface area contributed by atoms with Gasteiger partial charge in [-0.25, -0.2) is 0 Å². The molecule has 0 aromatic heterocycles. The summed E-state index contributed by atoms with van der Waals surface area (Å²) >= 11 is 0. The van der Waals surface area contributed by atoms with E-state index in [2.05, 4.69) is 10.6 Å². The predicted molar refractivity (Wildman–Crippen MR) is 105 cm³/mol. The number of anilines is 2. The van der Waals surface area contributed by atoms with Crippen LogP contribution in [0.3, 0.4) is 0 Å². The van der Waals surface area contributed by atoms with Gasteiger partial charge in [-0.1, -0.05) is 6.07 Å². The number of nitrogens with one attached hydrogen (secondary N) is 2. The first-order valence-electron chi connectivity index (χ1n) is 8.85. The number of nitrogens with zero attached hydrogens (tertiary/aromatic N) is 1. The van der Waals surface area contributed by atoms with E-state index in [0.717, 1.165) is 0 Å². The first kappa shape index (κ1) is 19.5. The molecule has 0 atom stereocenters. The molecule has 28 heavy (non-hydrogen) atoms. The lowest BCUT2D eigenvalue weighted by molar-refractivity contribution is -0.119. The first-order chi connectivity index (χ1) is 13.5. The van der Waals surface area contributed by atoms with Gasteiger partial charge in [0.05, 0.1) is 20.2 Å². The number of carbonyl (C=O) groups excluding carboxylic acids is 2. The molecular weight excluding hydrogens is 362 g/mol. The van der Waals surface area contributed by atoms with E-state index in [1.807, 2.05) is 0 Å². The Morgan fingerprint density at radius 1 is 0.964 bits per heavy atom. The van der Waals surface area contributed by atoms with E-state index >= 15 is 0 Å². The molecule has 0 radical (unpaired) electrons. The van der Waals surface area contributed by atoms with Gasteiger partial charge in [0.15, 0.2) is 11.5 Å². The number of fused-ring (bicyclic) bond motifs is 1. The number of ether oxygens (including phenoxy) is 3. The van der Waals surface area contributed by atoms with Crippen LogP contribution in [0.5, 0.6) is 17.2 Å². The maximum absolute atomic E-state index is 12.2. The minimum absolute atomic E-state index is 0.0694. The molecule has 2 aromatic rings. The molecule has 0 aliphatic carbocycles. The van der Waals surface area contributed by atoms with Gasteiger partial charge in [-0.3, -0.25) is 14.5 Å². The highest BCUT2D eigenvalue weighted by molar-refractivity contribution is 5.95. The fourth-order valence-corrected chi connectivity index (χ4v) is 2.77. The number of rotatable bonds is 7. The summed E-state index contributed by atoms with van der Waals surface area (Å²) < 4.78 is 16.1. The molecule has 0 saturated carbocycles. The molecule has 2 aromatic carbocycles. The second-order valence-corrected chi connectivity index (χ2v) is 6.36.